The van der Waals surface area contributed by atoms with Gasteiger partial charge in [0.2, 0.25) is 0 Å². The van der Waals surface area contributed by atoms with Gasteiger partial charge in [-0.1, -0.05) is 0 Å². The number of halogens is 1. The van der Waals surface area contributed by atoms with Crippen molar-refractivity contribution in [2.75, 3.05) is 25.6 Å². The monoisotopic (exact) mass is 253 g/mol. The van der Waals surface area contributed by atoms with Gasteiger partial charge in [0.1, 0.15) is 5.82 Å². The first kappa shape index (κ1) is 12.8. The lowest BCUT2D eigenvalue weighted by Gasteiger charge is -2.24. The Hall–Kier alpha value is -1.62. The van der Waals surface area contributed by atoms with E-state index in [9.17, 15) is 9.18 Å². The average molecular weight is 253 g/mol. The number of carbonyl (C=O) groups excluding carboxylic acids is 1. The number of rotatable bonds is 3. The highest BCUT2D eigenvalue weighted by molar-refractivity contribution is 5.90. The van der Waals surface area contributed by atoms with Gasteiger partial charge in [0.25, 0.3) is 0 Å². The third-order valence-electron chi connectivity index (χ3n) is 2.91. The van der Waals surface area contributed by atoms with Crippen LogP contribution in [-0.4, -0.2) is 32.3 Å². The van der Waals surface area contributed by atoms with Crippen molar-refractivity contribution in [1.29, 1.82) is 0 Å². The van der Waals surface area contributed by atoms with Crippen LogP contribution in [0.25, 0.3) is 0 Å². The summed E-state index contributed by atoms with van der Waals surface area (Å²) in [6.07, 6.45) is 1.89. The first-order valence-electron chi connectivity index (χ1n) is 5.93. The second kappa shape index (κ2) is 5.82. The molecule has 4 nitrogen and oxygen atoms in total. The number of benzene rings is 1. The molecule has 1 aromatic rings. The van der Waals surface area contributed by atoms with E-state index in [0.717, 1.165) is 19.4 Å². The SMILES string of the molecule is COC(=O)c1ccc(F)c(NC2CCCOC2)c1. The van der Waals surface area contributed by atoms with Crippen LogP contribution in [0.5, 0.6) is 0 Å². The lowest BCUT2D eigenvalue weighted by molar-refractivity contribution is 0.0600. The summed E-state index contributed by atoms with van der Waals surface area (Å²) in [5.74, 6) is -0.855. The molecule has 1 fully saturated rings. The number of esters is 1. The van der Waals surface area contributed by atoms with E-state index in [4.69, 9.17) is 4.74 Å². The molecule has 0 aliphatic carbocycles. The Morgan fingerprint density at radius 1 is 1.56 bits per heavy atom. The summed E-state index contributed by atoms with van der Waals surface area (Å²) >= 11 is 0. The Labute approximate surface area is 105 Å². The zero-order chi connectivity index (χ0) is 13.0. The first-order chi connectivity index (χ1) is 8.70. The van der Waals surface area contributed by atoms with Crippen LogP contribution in [0.15, 0.2) is 18.2 Å². The molecule has 1 aliphatic heterocycles. The molecule has 0 saturated carbocycles. The summed E-state index contributed by atoms with van der Waals surface area (Å²) in [6, 6.07) is 4.22. The molecule has 1 aromatic carbocycles. The normalized spacial score (nSPS) is 19.3. The molecular formula is C13H16FNO3. The van der Waals surface area contributed by atoms with Crippen LogP contribution in [0, 0.1) is 5.82 Å². The van der Waals surface area contributed by atoms with Gasteiger partial charge >= 0.3 is 5.97 Å². The number of hydrogen-bond acceptors (Lipinski definition) is 4. The predicted molar refractivity (Wildman–Crippen MR) is 65.2 cm³/mol. The standard InChI is InChI=1S/C13H16FNO3/c1-17-13(16)9-4-5-11(14)12(7-9)15-10-3-2-6-18-8-10/h4-5,7,10,15H,2-3,6,8H2,1H3. The largest absolute Gasteiger partial charge is 0.465 e. The van der Waals surface area contributed by atoms with Gasteiger partial charge in [0.15, 0.2) is 0 Å². The van der Waals surface area contributed by atoms with Gasteiger partial charge in [-0.15, -0.1) is 0 Å². The number of hydrogen-bond donors (Lipinski definition) is 1. The summed E-state index contributed by atoms with van der Waals surface area (Å²) in [6.45, 7) is 1.31. The highest BCUT2D eigenvalue weighted by Crippen LogP contribution is 2.20. The predicted octanol–water partition coefficient (Wildman–Crippen LogP) is 2.20. The van der Waals surface area contributed by atoms with E-state index in [1.54, 1.807) is 0 Å². The number of methoxy groups -OCH3 is 1. The van der Waals surface area contributed by atoms with Crippen LogP contribution in [0.2, 0.25) is 0 Å². The van der Waals surface area contributed by atoms with E-state index in [0.29, 0.717) is 17.9 Å². The highest BCUT2D eigenvalue weighted by atomic mass is 19.1. The van der Waals surface area contributed by atoms with E-state index < -0.39 is 5.97 Å². The molecule has 0 amide bonds. The van der Waals surface area contributed by atoms with Crippen LogP contribution in [0.4, 0.5) is 10.1 Å². The van der Waals surface area contributed by atoms with Gasteiger partial charge in [0, 0.05) is 12.6 Å². The smallest absolute Gasteiger partial charge is 0.337 e. The van der Waals surface area contributed by atoms with Crippen molar-refractivity contribution in [3.63, 3.8) is 0 Å². The third kappa shape index (κ3) is 2.98. The Morgan fingerprint density at radius 3 is 3.06 bits per heavy atom. The maximum Gasteiger partial charge on any atom is 0.337 e. The summed E-state index contributed by atoms with van der Waals surface area (Å²) in [7, 11) is 1.30. The van der Waals surface area contributed by atoms with Crippen molar-refractivity contribution in [1.82, 2.24) is 0 Å². The van der Waals surface area contributed by atoms with Gasteiger partial charge in [-0.2, -0.15) is 0 Å². The van der Waals surface area contributed by atoms with Gasteiger partial charge in [-0.25, -0.2) is 9.18 Å². The molecule has 0 spiro atoms. The summed E-state index contributed by atoms with van der Waals surface area (Å²) < 4.78 is 23.6. The zero-order valence-electron chi connectivity index (χ0n) is 10.2. The first-order valence-corrected chi connectivity index (χ1v) is 5.93. The molecule has 1 aliphatic rings. The molecule has 2 rings (SSSR count). The number of ether oxygens (including phenoxy) is 2. The van der Waals surface area contributed by atoms with Crippen LogP contribution < -0.4 is 5.32 Å². The van der Waals surface area contributed by atoms with Crippen molar-refractivity contribution in [2.45, 2.75) is 18.9 Å². The quantitative estimate of drug-likeness (QED) is 0.839. The Balaban J connectivity index is 2.12. The molecule has 1 unspecified atom stereocenters. The molecule has 18 heavy (non-hydrogen) atoms. The maximum absolute atomic E-state index is 13.6. The second-order valence-corrected chi connectivity index (χ2v) is 4.24. The third-order valence-corrected chi connectivity index (χ3v) is 2.91. The van der Waals surface area contributed by atoms with E-state index in [1.165, 1.54) is 25.3 Å². The molecule has 1 saturated heterocycles. The lowest BCUT2D eigenvalue weighted by atomic mass is 10.1. The average Bonchev–Trinajstić information content (AvgIpc) is 2.41. The summed E-state index contributed by atoms with van der Waals surface area (Å²) in [5, 5.41) is 3.06. The van der Waals surface area contributed by atoms with E-state index in [-0.39, 0.29) is 11.9 Å². The Bertz CT molecular complexity index is 430. The summed E-state index contributed by atoms with van der Waals surface area (Å²) in [4.78, 5) is 11.4. The summed E-state index contributed by atoms with van der Waals surface area (Å²) in [5.41, 5.74) is 0.645. The van der Waals surface area contributed by atoms with Crippen molar-refractivity contribution in [3.8, 4) is 0 Å². The highest BCUT2D eigenvalue weighted by Gasteiger charge is 2.16. The van der Waals surface area contributed by atoms with E-state index in [1.807, 2.05) is 0 Å². The van der Waals surface area contributed by atoms with Gasteiger partial charge in [0.05, 0.1) is 25.0 Å². The molecule has 5 heteroatoms. The molecule has 0 aromatic heterocycles. The fourth-order valence-corrected chi connectivity index (χ4v) is 1.96. The number of nitrogens with one attached hydrogen (secondary N) is 1. The molecule has 98 valence electrons. The Morgan fingerprint density at radius 2 is 2.39 bits per heavy atom. The van der Waals surface area contributed by atoms with Crippen LogP contribution in [0.3, 0.4) is 0 Å². The molecule has 1 heterocycles. The molecule has 0 radical (unpaired) electrons. The minimum absolute atomic E-state index is 0.0844. The van der Waals surface area contributed by atoms with Crippen molar-refractivity contribution in [2.24, 2.45) is 0 Å². The maximum atomic E-state index is 13.6. The molecule has 1 N–H and O–H groups in total. The fraction of sp³-hybridized carbons (Fsp3) is 0.462. The van der Waals surface area contributed by atoms with Crippen molar-refractivity contribution < 1.29 is 18.7 Å². The van der Waals surface area contributed by atoms with Crippen molar-refractivity contribution in [3.05, 3.63) is 29.6 Å². The minimum Gasteiger partial charge on any atom is -0.465 e. The molecular weight excluding hydrogens is 237 g/mol. The zero-order valence-corrected chi connectivity index (χ0v) is 10.2. The fourth-order valence-electron chi connectivity index (χ4n) is 1.96. The van der Waals surface area contributed by atoms with Crippen LogP contribution >= 0.6 is 0 Å². The molecule has 1 atom stereocenters. The minimum atomic E-state index is -0.474. The van der Waals surface area contributed by atoms with Gasteiger partial charge < -0.3 is 14.8 Å². The van der Waals surface area contributed by atoms with E-state index in [2.05, 4.69) is 10.1 Å². The number of anilines is 1. The molecule has 0 bridgehead atoms. The van der Waals surface area contributed by atoms with Gasteiger partial charge in [-0.3, -0.25) is 0 Å². The Kier molecular flexibility index (Phi) is 4.15. The van der Waals surface area contributed by atoms with E-state index >= 15 is 0 Å². The number of carbonyl (C=O) groups is 1. The van der Waals surface area contributed by atoms with Gasteiger partial charge in [-0.05, 0) is 31.0 Å². The van der Waals surface area contributed by atoms with Crippen LogP contribution in [0.1, 0.15) is 23.2 Å². The topological polar surface area (TPSA) is 47.6 Å². The second-order valence-electron chi connectivity index (χ2n) is 4.24. The van der Waals surface area contributed by atoms with Crippen molar-refractivity contribution >= 4 is 11.7 Å². The van der Waals surface area contributed by atoms with Crippen LogP contribution in [-0.2, 0) is 9.47 Å². The lowest BCUT2D eigenvalue weighted by Crippen LogP contribution is -2.30.